The number of aryl methyl sites for hydroxylation is 1. The first-order valence-corrected chi connectivity index (χ1v) is 12.5. The van der Waals surface area contributed by atoms with Crippen LogP contribution in [0.1, 0.15) is 35.3 Å². The number of thioether (sulfide) groups is 1. The summed E-state index contributed by atoms with van der Waals surface area (Å²) in [5, 5.41) is 22.3. The number of rotatable bonds is 7. The van der Waals surface area contributed by atoms with Crippen LogP contribution in [0.15, 0.2) is 39.0 Å². The number of nitriles is 1. The molecular weight excluding hydrogens is 498 g/mol. The zero-order valence-corrected chi connectivity index (χ0v) is 19.9. The Morgan fingerprint density at radius 3 is 2.97 bits per heavy atom. The lowest BCUT2D eigenvalue weighted by atomic mass is 10.1. The Hall–Kier alpha value is -2.35. The highest BCUT2D eigenvalue weighted by molar-refractivity contribution is 9.10. The van der Waals surface area contributed by atoms with E-state index in [1.54, 1.807) is 18.2 Å². The van der Waals surface area contributed by atoms with Crippen molar-refractivity contribution in [2.24, 2.45) is 0 Å². The topological polar surface area (TPSA) is 96.7 Å². The summed E-state index contributed by atoms with van der Waals surface area (Å²) >= 11 is 6.12. The van der Waals surface area contributed by atoms with Crippen LogP contribution in [-0.2, 0) is 24.2 Å². The highest BCUT2D eigenvalue weighted by atomic mass is 79.9. The zero-order valence-electron chi connectivity index (χ0n) is 16.7. The fourth-order valence-corrected chi connectivity index (χ4v) is 5.86. The first kappa shape index (κ1) is 21.9. The largest absolute Gasteiger partial charge is 0.446 e. The van der Waals surface area contributed by atoms with Crippen molar-refractivity contribution < 1.29 is 9.21 Å². The Morgan fingerprint density at radius 2 is 2.23 bits per heavy atom. The highest BCUT2D eigenvalue weighted by Crippen LogP contribution is 2.37. The first-order chi connectivity index (χ1) is 15.1. The average Bonchev–Trinajstić information content (AvgIpc) is 3.39. The first-order valence-electron chi connectivity index (χ1n) is 9.87. The summed E-state index contributed by atoms with van der Waals surface area (Å²) in [6, 6.07) is 5.89. The van der Waals surface area contributed by atoms with Gasteiger partial charge in [0.05, 0.1) is 11.3 Å². The van der Waals surface area contributed by atoms with E-state index in [2.05, 4.69) is 44.1 Å². The number of allylic oxidation sites excluding steroid dienone is 1. The van der Waals surface area contributed by atoms with E-state index in [1.165, 1.54) is 34.4 Å². The number of carbonyl (C=O) groups is 1. The molecule has 0 saturated heterocycles. The molecule has 3 heterocycles. The molecule has 0 bridgehead atoms. The second-order valence-corrected chi connectivity index (χ2v) is 9.86. The molecule has 10 heteroatoms. The predicted molar refractivity (Wildman–Crippen MR) is 125 cm³/mol. The van der Waals surface area contributed by atoms with E-state index in [1.807, 2.05) is 4.57 Å². The minimum atomic E-state index is -0.173. The summed E-state index contributed by atoms with van der Waals surface area (Å²) in [5.41, 5.74) is 1.74. The number of thiophene rings is 1. The summed E-state index contributed by atoms with van der Waals surface area (Å²) in [6.45, 7) is 4.28. The molecule has 7 nitrogen and oxygen atoms in total. The molecular formula is C21H20BrN5O2S2. The van der Waals surface area contributed by atoms with Gasteiger partial charge in [-0.15, -0.1) is 28.1 Å². The number of nitrogens with zero attached hydrogens (tertiary/aromatic N) is 4. The monoisotopic (exact) mass is 517 g/mol. The highest BCUT2D eigenvalue weighted by Gasteiger charge is 2.22. The van der Waals surface area contributed by atoms with Crippen LogP contribution in [0.2, 0.25) is 0 Å². The molecule has 0 unspecified atom stereocenters. The lowest BCUT2D eigenvalue weighted by molar-refractivity contribution is -0.113. The number of fused-ring (bicyclic) bond motifs is 1. The summed E-state index contributed by atoms with van der Waals surface area (Å²) < 4.78 is 8.05. The van der Waals surface area contributed by atoms with Crippen molar-refractivity contribution in [2.75, 3.05) is 11.1 Å². The van der Waals surface area contributed by atoms with Crippen molar-refractivity contribution >= 4 is 49.9 Å². The van der Waals surface area contributed by atoms with Gasteiger partial charge in [-0.1, -0.05) is 24.3 Å². The molecule has 1 amide bonds. The number of anilines is 1. The molecule has 0 saturated carbocycles. The van der Waals surface area contributed by atoms with E-state index in [0.717, 1.165) is 31.2 Å². The lowest BCUT2D eigenvalue weighted by Gasteiger charge is -2.07. The molecule has 160 valence electrons. The van der Waals surface area contributed by atoms with Crippen LogP contribution in [0.4, 0.5) is 5.00 Å². The van der Waals surface area contributed by atoms with Gasteiger partial charge in [0.1, 0.15) is 11.1 Å². The number of nitrogens with one attached hydrogen (secondary N) is 1. The maximum absolute atomic E-state index is 12.6. The number of carbonyl (C=O) groups excluding carboxylic acids is 1. The van der Waals surface area contributed by atoms with Crippen LogP contribution in [-0.4, -0.2) is 26.4 Å². The van der Waals surface area contributed by atoms with E-state index in [-0.39, 0.29) is 11.7 Å². The minimum Gasteiger partial charge on any atom is -0.446 e. The molecule has 1 N–H and O–H groups in total. The van der Waals surface area contributed by atoms with Gasteiger partial charge in [0.15, 0.2) is 15.6 Å². The fourth-order valence-electron chi connectivity index (χ4n) is 3.55. The van der Waals surface area contributed by atoms with Gasteiger partial charge >= 0.3 is 0 Å². The molecule has 31 heavy (non-hydrogen) atoms. The summed E-state index contributed by atoms with van der Waals surface area (Å²) in [7, 11) is 0. The van der Waals surface area contributed by atoms with Crippen molar-refractivity contribution in [3.8, 4) is 17.7 Å². The van der Waals surface area contributed by atoms with Crippen LogP contribution in [0, 0.1) is 11.3 Å². The predicted octanol–water partition coefficient (Wildman–Crippen LogP) is 5.42. The third kappa shape index (κ3) is 4.79. The van der Waals surface area contributed by atoms with E-state index in [4.69, 9.17) is 4.42 Å². The average molecular weight is 518 g/mol. The minimum absolute atomic E-state index is 0.157. The molecule has 1 aliphatic carbocycles. The van der Waals surface area contributed by atoms with Crippen molar-refractivity contribution in [3.63, 3.8) is 0 Å². The van der Waals surface area contributed by atoms with Crippen LogP contribution >= 0.6 is 39.0 Å². The number of hydrogen-bond donors (Lipinski definition) is 1. The third-order valence-corrected chi connectivity index (χ3v) is 7.54. The van der Waals surface area contributed by atoms with E-state index in [0.29, 0.717) is 38.5 Å². The van der Waals surface area contributed by atoms with Crippen molar-refractivity contribution in [1.29, 1.82) is 5.26 Å². The van der Waals surface area contributed by atoms with Gasteiger partial charge in [0, 0.05) is 11.4 Å². The Kier molecular flexibility index (Phi) is 6.95. The van der Waals surface area contributed by atoms with Crippen LogP contribution in [0.25, 0.3) is 11.6 Å². The quantitative estimate of drug-likeness (QED) is 0.255. The summed E-state index contributed by atoms with van der Waals surface area (Å²) in [4.78, 5) is 13.9. The van der Waals surface area contributed by atoms with Gasteiger partial charge in [-0.2, -0.15) is 5.26 Å². The molecule has 1 aliphatic rings. The van der Waals surface area contributed by atoms with Gasteiger partial charge in [-0.3, -0.25) is 9.36 Å². The number of furan rings is 1. The van der Waals surface area contributed by atoms with Gasteiger partial charge in [-0.25, -0.2) is 0 Å². The third-order valence-electron chi connectivity index (χ3n) is 4.94. The maximum atomic E-state index is 12.6. The molecule has 0 spiro atoms. The fraction of sp³-hybridized carbons (Fsp3) is 0.333. The van der Waals surface area contributed by atoms with Gasteiger partial charge in [0.25, 0.3) is 0 Å². The number of hydrogen-bond acceptors (Lipinski definition) is 7. The van der Waals surface area contributed by atoms with Crippen molar-refractivity contribution in [3.05, 3.63) is 45.5 Å². The van der Waals surface area contributed by atoms with Gasteiger partial charge in [0.2, 0.25) is 11.7 Å². The molecule has 0 atom stereocenters. The molecule has 0 fully saturated rings. The SMILES string of the molecule is C=CCn1c(SCC(=O)Nc2sc3c(c2C#N)CCCCC3)nnc1-c1ccc(Br)o1. The smallest absolute Gasteiger partial charge is 0.235 e. The van der Waals surface area contributed by atoms with Crippen LogP contribution in [0.3, 0.4) is 0 Å². The second kappa shape index (κ2) is 9.85. The van der Waals surface area contributed by atoms with E-state index in [9.17, 15) is 10.1 Å². The molecule has 0 radical (unpaired) electrons. The van der Waals surface area contributed by atoms with Gasteiger partial charge in [-0.05, 0) is 59.3 Å². The maximum Gasteiger partial charge on any atom is 0.235 e. The normalized spacial score (nSPS) is 13.3. The van der Waals surface area contributed by atoms with Crippen LogP contribution in [0.5, 0.6) is 0 Å². The molecule has 3 aromatic heterocycles. The van der Waals surface area contributed by atoms with E-state index < -0.39 is 0 Å². The second-order valence-electron chi connectivity index (χ2n) is 7.03. The Labute approximate surface area is 196 Å². The molecule has 4 rings (SSSR count). The molecule has 3 aromatic rings. The van der Waals surface area contributed by atoms with E-state index >= 15 is 0 Å². The Balaban J connectivity index is 1.47. The van der Waals surface area contributed by atoms with Crippen molar-refractivity contribution in [2.45, 2.75) is 43.8 Å². The molecule has 0 aromatic carbocycles. The van der Waals surface area contributed by atoms with Crippen LogP contribution < -0.4 is 5.32 Å². The number of aromatic nitrogens is 3. The summed E-state index contributed by atoms with van der Waals surface area (Å²) in [5.74, 6) is 1.14. The lowest BCUT2D eigenvalue weighted by Crippen LogP contribution is -2.14. The Bertz CT molecular complexity index is 1160. The van der Waals surface area contributed by atoms with Crippen molar-refractivity contribution in [1.82, 2.24) is 14.8 Å². The standard InChI is InChI=1S/C21H20BrN5O2S2/c1-2-10-27-19(15-8-9-17(22)29-15)25-26-21(27)30-12-18(28)24-20-14(11-23)13-6-4-3-5-7-16(13)31-20/h2,8-9H,1,3-7,10,12H2,(H,24,28). The molecule has 0 aliphatic heterocycles. The Morgan fingerprint density at radius 1 is 1.39 bits per heavy atom. The zero-order chi connectivity index (χ0) is 21.8. The summed E-state index contributed by atoms with van der Waals surface area (Å²) in [6.07, 6.45) is 7.05. The van der Waals surface area contributed by atoms with Gasteiger partial charge < -0.3 is 9.73 Å². The number of amides is 1. The number of halogens is 1.